The number of thiazole rings is 1. The highest BCUT2D eigenvalue weighted by molar-refractivity contribution is 7.15. The average molecular weight is 435 g/mol. The first kappa shape index (κ1) is 22.5. The number of aliphatic hydroxyl groups is 1. The van der Waals surface area contributed by atoms with Crippen molar-refractivity contribution in [3.05, 3.63) is 35.0 Å². The van der Waals surface area contributed by atoms with Gasteiger partial charge in [-0.3, -0.25) is 0 Å². The molecule has 0 bridgehead atoms. The van der Waals surface area contributed by atoms with Gasteiger partial charge in [-0.15, -0.1) is 11.3 Å². The quantitative estimate of drug-likeness (QED) is 0.716. The molecular weight excluding hydrogens is 404 g/mol. The van der Waals surface area contributed by atoms with E-state index in [1.807, 2.05) is 39.1 Å². The van der Waals surface area contributed by atoms with Gasteiger partial charge in [-0.2, -0.15) is 0 Å². The molecule has 0 unspecified atom stereocenters. The summed E-state index contributed by atoms with van der Waals surface area (Å²) in [5.74, 6) is 0.607. The first-order chi connectivity index (χ1) is 14.2. The molecule has 2 N–H and O–H groups in total. The minimum absolute atomic E-state index is 0.159. The van der Waals surface area contributed by atoms with Gasteiger partial charge in [0.05, 0.1) is 25.5 Å². The largest absolute Gasteiger partial charge is 0.444 e. The normalized spacial score (nSPS) is 19.6. The van der Waals surface area contributed by atoms with Crippen LogP contribution in [0.1, 0.15) is 44.7 Å². The van der Waals surface area contributed by atoms with Gasteiger partial charge in [0.2, 0.25) is 0 Å². The Hall–Kier alpha value is -2.23. The van der Waals surface area contributed by atoms with E-state index in [-0.39, 0.29) is 19.8 Å². The Kier molecular flexibility index (Phi) is 6.95. The number of rotatable bonds is 6. The Labute approximate surface area is 181 Å². The molecule has 0 spiro atoms. The van der Waals surface area contributed by atoms with Crippen LogP contribution in [0.2, 0.25) is 0 Å². The number of nitrogens with zero attached hydrogens (tertiary/aromatic N) is 3. The summed E-state index contributed by atoms with van der Waals surface area (Å²) in [5.41, 5.74) is -1.15. The van der Waals surface area contributed by atoms with Gasteiger partial charge in [-0.1, -0.05) is 19.4 Å². The predicted molar refractivity (Wildman–Crippen MR) is 116 cm³/mol. The summed E-state index contributed by atoms with van der Waals surface area (Å²) >= 11 is 1.60. The van der Waals surface area contributed by atoms with Crippen molar-refractivity contribution in [2.45, 2.75) is 51.7 Å². The molecule has 0 aliphatic carbocycles. The van der Waals surface area contributed by atoms with E-state index >= 15 is 0 Å². The Balaban J connectivity index is 1.78. The molecule has 2 aromatic heterocycles. The number of hydrogen-bond donors (Lipinski definition) is 2. The second-order valence-corrected chi connectivity index (χ2v) is 9.43. The Morgan fingerprint density at radius 2 is 2.23 bits per heavy atom. The molecular formula is C21H30N4O4S. The molecule has 164 valence electrons. The van der Waals surface area contributed by atoms with E-state index in [0.717, 1.165) is 18.0 Å². The first-order valence-electron chi connectivity index (χ1n) is 10.2. The van der Waals surface area contributed by atoms with Gasteiger partial charge in [0.1, 0.15) is 11.4 Å². The maximum absolute atomic E-state index is 12.5. The van der Waals surface area contributed by atoms with Gasteiger partial charge < -0.3 is 24.8 Å². The summed E-state index contributed by atoms with van der Waals surface area (Å²) in [6.45, 7) is 8.15. The van der Waals surface area contributed by atoms with Gasteiger partial charge >= 0.3 is 6.09 Å². The summed E-state index contributed by atoms with van der Waals surface area (Å²) in [4.78, 5) is 24.4. The Morgan fingerprint density at radius 3 is 2.93 bits per heavy atom. The Morgan fingerprint density at radius 1 is 1.43 bits per heavy atom. The number of hydrogen-bond acceptors (Lipinski definition) is 8. The van der Waals surface area contributed by atoms with E-state index in [9.17, 15) is 9.90 Å². The number of nitrogens with one attached hydrogen (secondary N) is 1. The van der Waals surface area contributed by atoms with Crippen LogP contribution in [0.15, 0.2) is 24.4 Å². The van der Waals surface area contributed by atoms with Crippen molar-refractivity contribution < 1.29 is 19.4 Å². The molecule has 9 heteroatoms. The number of aryl methyl sites for hydroxylation is 1. The fourth-order valence-corrected chi connectivity index (χ4v) is 4.11. The second kappa shape index (κ2) is 9.28. The van der Waals surface area contributed by atoms with E-state index in [4.69, 9.17) is 9.47 Å². The zero-order chi connectivity index (χ0) is 21.8. The second-order valence-electron chi connectivity index (χ2n) is 8.32. The maximum atomic E-state index is 12.5. The van der Waals surface area contributed by atoms with Gasteiger partial charge in [-0.25, -0.2) is 14.8 Å². The van der Waals surface area contributed by atoms with Crippen molar-refractivity contribution in [3.63, 3.8) is 0 Å². The number of ether oxygens (including phenoxy) is 2. The SMILES string of the molecule is CCCc1cnc(Nc2cccc([C@@]3(CO)CN(C(=O)OC(C)(C)C)CCO3)n2)s1. The van der Waals surface area contributed by atoms with Gasteiger partial charge in [0.15, 0.2) is 10.7 Å². The van der Waals surface area contributed by atoms with Crippen LogP contribution < -0.4 is 5.32 Å². The van der Waals surface area contributed by atoms with Gasteiger partial charge in [0.25, 0.3) is 0 Å². The number of pyridine rings is 1. The topological polar surface area (TPSA) is 96.8 Å². The van der Waals surface area contributed by atoms with Crippen molar-refractivity contribution in [1.29, 1.82) is 0 Å². The van der Waals surface area contributed by atoms with Crippen LogP contribution in [-0.2, 0) is 21.5 Å². The zero-order valence-corrected chi connectivity index (χ0v) is 18.8. The van der Waals surface area contributed by atoms with E-state index in [0.29, 0.717) is 18.1 Å². The molecule has 1 amide bonds. The van der Waals surface area contributed by atoms with Crippen LogP contribution >= 0.6 is 11.3 Å². The number of anilines is 2. The van der Waals surface area contributed by atoms with Crippen molar-refractivity contribution in [1.82, 2.24) is 14.9 Å². The van der Waals surface area contributed by atoms with Crippen LogP contribution in [0.5, 0.6) is 0 Å². The minimum Gasteiger partial charge on any atom is -0.444 e. The molecule has 1 aliphatic rings. The van der Waals surface area contributed by atoms with Crippen LogP contribution in [0.25, 0.3) is 0 Å². The molecule has 0 saturated carbocycles. The molecule has 2 aromatic rings. The number of amides is 1. The third kappa shape index (κ3) is 5.47. The summed E-state index contributed by atoms with van der Waals surface area (Å²) in [7, 11) is 0. The zero-order valence-electron chi connectivity index (χ0n) is 18.0. The van der Waals surface area contributed by atoms with E-state index in [1.54, 1.807) is 22.3 Å². The smallest absolute Gasteiger partial charge is 0.410 e. The highest BCUT2D eigenvalue weighted by Crippen LogP contribution is 2.31. The van der Waals surface area contributed by atoms with Crippen LogP contribution in [0.3, 0.4) is 0 Å². The molecule has 1 aliphatic heterocycles. The standard InChI is InChI=1S/C21H30N4O4S/c1-5-7-15-12-22-18(30-15)24-17-9-6-8-16(23-17)21(14-26)13-25(10-11-28-21)19(27)29-20(2,3)4/h6,8-9,12,26H,5,7,10-11,13-14H2,1-4H3,(H,22,23,24)/t21-/m0/s1. The fourth-order valence-electron chi connectivity index (χ4n) is 3.19. The lowest BCUT2D eigenvalue weighted by atomic mass is 9.97. The van der Waals surface area contributed by atoms with E-state index < -0.39 is 17.3 Å². The number of aliphatic hydroxyl groups excluding tert-OH is 1. The maximum Gasteiger partial charge on any atom is 0.410 e. The van der Waals surface area contributed by atoms with Crippen molar-refractivity contribution in [2.75, 3.05) is 31.6 Å². The van der Waals surface area contributed by atoms with Gasteiger partial charge in [-0.05, 0) is 39.3 Å². The molecule has 8 nitrogen and oxygen atoms in total. The van der Waals surface area contributed by atoms with Crippen molar-refractivity contribution in [2.24, 2.45) is 0 Å². The highest BCUT2D eigenvalue weighted by atomic mass is 32.1. The number of aromatic nitrogens is 2. The molecule has 1 fully saturated rings. The predicted octanol–water partition coefficient (Wildman–Crippen LogP) is 3.69. The van der Waals surface area contributed by atoms with Gasteiger partial charge in [0, 0.05) is 17.6 Å². The van der Waals surface area contributed by atoms with Crippen LogP contribution in [-0.4, -0.2) is 58.0 Å². The molecule has 0 aromatic carbocycles. The van der Waals surface area contributed by atoms with Crippen molar-refractivity contribution in [3.8, 4) is 0 Å². The molecule has 1 saturated heterocycles. The summed E-state index contributed by atoms with van der Waals surface area (Å²) in [6.07, 6.45) is 3.51. The third-order valence-corrected chi connectivity index (χ3v) is 5.57. The van der Waals surface area contributed by atoms with Crippen LogP contribution in [0.4, 0.5) is 15.7 Å². The monoisotopic (exact) mass is 434 g/mol. The Bertz CT molecular complexity index is 867. The van der Waals surface area contributed by atoms with Crippen molar-refractivity contribution >= 4 is 28.4 Å². The molecule has 3 rings (SSSR count). The van der Waals surface area contributed by atoms with E-state index in [1.165, 1.54) is 4.88 Å². The number of morpholine rings is 1. The third-order valence-electron chi connectivity index (χ3n) is 4.59. The summed E-state index contributed by atoms with van der Waals surface area (Å²) in [5, 5.41) is 14.2. The lowest BCUT2D eigenvalue weighted by Gasteiger charge is -2.41. The molecule has 0 radical (unpaired) electrons. The lowest BCUT2D eigenvalue weighted by molar-refractivity contribution is -0.138. The first-order valence-corrected chi connectivity index (χ1v) is 11.0. The molecule has 30 heavy (non-hydrogen) atoms. The van der Waals surface area contributed by atoms with Crippen LogP contribution in [0, 0.1) is 0 Å². The number of carbonyl (C=O) groups is 1. The molecule has 3 heterocycles. The number of carbonyl (C=O) groups excluding carboxylic acids is 1. The lowest BCUT2D eigenvalue weighted by Crippen LogP contribution is -2.55. The highest BCUT2D eigenvalue weighted by Gasteiger charge is 2.42. The minimum atomic E-state index is -1.11. The summed E-state index contributed by atoms with van der Waals surface area (Å²) in [6, 6.07) is 5.48. The summed E-state index contributed by atoms with van der Waals surface area (Å²) < 4.78 is 11.4. The average Bonchev–Trinajstić information content (AvgIpc) is 3.14. The van der Waals surface area contributed by atoms with E-state index in [2.05, 4.69) is 22.2 Å². The fraction of sp³-hybridized carbons (Fsp3) is 0.571. The molecule has 1 atom stereocenters.